The molecule has 0 atom stereocenters. The third-order valence-electron chi connectivity index (χ3n) is 5.99. The van der Waals surface area contributed by atoms with Crippen LogP contribution in [0.2, 0.25) is 0 Å². The molecule has 0 aliphatic heterocycles. The summed E-state index contributed by atoms with van der Waals surface area (Å²) in [5.74, 6) is 0.358. The van der Waals surface area contributed by atoms with Gasteiger partial charge in [0.15, 0.2) is 5.13 Å². The molecular formula is C28H24N4O4S2. The van der Waals surface area contributed by atoms with Crippen molar-refractivity contribution in [1.29, 1.82) is 0 Å². The molecule has 5 aromatic rings. The summed E-state index contributed by atoms with van der Waals surface area (Å²) in [6, 6.07) is 25.8. The van der Waals surface area contributed by atoms with Gasteiger partial charge in [-0.15, -0.1) is 0 Å². The van der Waals surface area contributed by atoms with E-state index >= 15 is 0 Å². The van der Waals surface area contributed by atoms with E-state index in [2.05, 4.69) is 4.98 Å². The number of carbonyl (C=O) groups excluding carboxylic acids is 1. The normalized spacial score (nSPS) is 11.3. The number of benzene rings is 3. The van der Waals surface area contributed by atoms with Crippen LogP contribution in [0.25, 0.3) is 10.2 Å². The maximum Gasteiger partial charge on any atom is 0.264 e. The number of fused-ring (bicyclic) bond motifs is 1. The SMILES string of the molecule is COc1ccc2sc(N(Cc3ccccn3)C(=O)c3ccc(S(=O)(=O)N(C)c4ccccc4)cc3)nc2c1. The molecule has 0 spiro atoms. The van der Waals surface area contributed by atoms with Crippen molar-refractivity contribution in [3.63, 3.8) is 0 Å². The van der Waals surface area contributed by atoms with E-state index in [-0.39, 0.29) is 17.3 Å². The van der Waals surface area contributed by atoms with Crippen molar-refractivity contribution in [2.24, 2.45) is 0 Å². The zero-order valence-electron chi connectivity index (χ0n) is 20.7. The molecule has 3 aromatic carbocycles. The number of hydrogen-bond acceptors (Lipinski definition) is 7. The standard InChI is InChI=1S/C28H24N4O4S2/c1-31(22-9-4-3-5-10-22)38(34,35)24-14-11-20(12-15-24)27(33)32(19-21-8-6-7-17-29-21)28-30-25-18-23(36-2)13-16-26(25)37-28/h3-18H,19H2,1-2H3. The summed E-state index contributed by atoms with van der Waals surface area (Å²) in [7, 11) is -0.713. The topological polar surface area (TPSA) is 92.7 Å². The van der Waals surface area contributed by atoms with Crippen molar-refractivity contribution >= 4 is 48.3 Å². The molecule has 8 nitrogen and oxygen atoms in total. The Morgan fingerprint density at radius 2 is 1.68 bits per heavy atom. The molecule has 0 N–H and O–H groups in total. The number of anilines is 2. The Bertz CT molecular complexity index is 1670. The smallest absolute Gasteiger partial charge is 0.264 e. The Kier molecular flexibility index (Phi) is 7.08. The van der Waals surface area contributed by atoms with E-state index in [1.807, 2.05) is 42.5 Å². The van der Waals surface area contributed by atoms with Crippen molar-refractivity contribution in [2.75, 3.05) is 23.4 Å². The van der Waals surface area contributed by atoms with Crippen molar-refractivity contribution in [2.45, 2.75) is 11.4 Å². The predicted octanol–water partition coefficient (Wildman–Crippen LogP) is 5.37. The Hall–Kier alpha value is -4.28. The van der Waals surface area contributed by atoms with Gasteiger partial charge in [-0.1, -0.05) is 35.6 Å². The molecule has 192 valence electrons. The summed E-state index contributed by atoms with van der Waals surface area (Å²) in [5, 5.41) is 0.504. The third kappa shape index (κ3) is 5.09. The highest BCUT2D eigenvalue weighted by Gasteiger charge is 2.25. The predicted molar refractivity (Wildman–Crippen MR) is 149 cm³/mol. The summed E-state index contributed by atoms with van der Waals surface area (Å²) in [6.07, 6.45) is 1.67. The maximum absolute atomic E-state index is 13.7. The van der Waals surface area contributed by atoms with Crippen LogP contribution in [-0.4, -0.2) is 38.5 Å². The first-order valence-electron chi connectivity index (χ1n) is 11.7. The van der Waals surface area contributed by atoms with Gasteiger partial charge in [0.1, 0.15) is 5.75 Å². The van der Waals surface area contributed by atoms with E-state index in [0.717, 1.165) is 4.70 Å². The fraction of sp³-hybridized carbons (Fsp3) is 0.107. The van der Waals surface area contributed by atoms with E-state index in [9.17, 15) is 13.2 Å². The highest BCUT2D eigenvalue weighted by molar-refractivity contribution is 7.92. The molecule has 2 heterocycles. The number of rotatable bonds is 8. The lowest BCUT2D eigenvalue weighted by atomic mass is 10.2. The van der Waals surface area contributed by atoms with Crippen LogP contribution in [0.4, 0.5) is 10.8 Å². The van der Waals surface area contributed by atoms with Crippen LogP contribution in [0.15, 0.2) is 102 Å². The molecule has 5 rings (SSSR count). The number of para-hydroxylation sites is 1. The van der Waals surface area contributed by atoms with Crippen molar-refractivity contribution in [3.05, 3.63) is 108 Å². The minimum Gasteiger partial charge on any atom is -0.497 e. The summed E-state index contributed by atoms with van der Waals surface area (Å²) in [6.45, 7) is 0.202. The fourth-order valence-electron chi connectivity index (χ4n) is 3.88. The zero-order valence-corrected chi connectivity index (χ0v) is 22.3. The van der Waals surface area contributed by atoms with Gasteiger partial charge in [0.2, 0.25) is 0 Å². The monoisotopic (exact) mass is 544 g/mol. The fourth-order valence-corrected chi connectivity index (χ4v) is 6.02. The number of pyridine rings is 1. The molecular weight excluding hydrogens is 520 g/mol. The minimum atomic E-state index is -3.80. The first-order chi connectivity index (χ1) is 18.4. The Morgan fingerprint density at radius 1 is 0.947 bits per heavy atom. The van der Waals surface area contributed by atoms with Crippen molar-refractivity contribution in [1.82, 2.24) is 9.97 Å². The lowest BCUT2D eigenvalue weighted by molar-refractivity contribution is 0.0984. The molecule has 0 saturated heterocycles. The number of nitrogens with zero attached hydrogens (tertiary/aromatic N) is 4. The molecule has 38 heavy (non-hydrogen) atoms. The van der Waals surface area contributed by atoms with Crippen LogP contribution in [0, 0.1) is 0 Å². The first kappa shape index (κ1) is 25.4. The van der Waals surface area contributed by atoms with Crippen LogP contribution in [0.1, 0.15) is 16.1 Å². The van der Waals surface area contributed by atoms with Gasteiger partial charge in [0, 0.05) is 24.9 Å². The van der Waals surface area contributed by atoms with Gasteiger partial charge in [0.05, 0.1) is 40.1 Å². The second-order valence-electron chi connectivity index (χ2n) is 8.37. The lowest BCUT2D eigenvalue weighted by Crippen LogP contribution is -2.31. The van der Waals surface area contributed by atoms with Gasteiger partial charge >= 0.3 is 0 Å². The van der Waals surface area contributed by atoms with E-state index < -0.39 is 10.0 Å². The second-order valence-corrected chi connectivity index (χ2v) is 11.4. The molecule has 0 aliphatic rings. The molecule has 0 unspecified atom stereocenters. The van der Waals surface area contributed by atoms with E-state index in [1.54, 1.807) is 42.5 Å². The van der Waals surface area contributed by atoms with Crippen molar-refractivity contribution in [3.8, 4) is 5.75 Å². The molecule has 1 amide bonds. The van der Waals surface area contributed by atoms with Gasteiger partial charge in [0.25, 0.3) is 15.9 Å². The summed E-state index contributed by atoms with van der Waals surface area (Å²) >= 11 is 1.38. The first-order valence-corrected chi connectivity index (χ1v) is 13.9. The Balaban J connectivity index is 1.47. The van der Waals surface area contributed by atoms with Gasteiger partial charge in [-0.3, -0.25) is 19.0 Å². The molecule has 0 bridgehead atoms. The molecule has 0 aliphatic carbocycles. The van der Waals surface area contributed by atoms with Crippen LogP contribution >= 0.6 is 11.3 Å². The van der Waals surface area contributed by atoms with Gasteiger partial charge in [-0.2, -0.15) is 0 Å². The van der Waals surface area contributed by atoms with Gasteiger partial charge < -0.3 is 4.74 Å². The molecule has 0 radical (unpaired) electrons. The molecule has 10 heteroatoms. The number of thiazole rings is 1. The Labute approximate surface area is 224 Å². The number of hydrogen-bond donors (Lipinski definition) is 0. The van der Waals surface area contributed by atoms with E-state index in [0.29, 0.717) is 33.3 Å². The average Bonchev–Trinajstić information content (AvgIpc) is 3.39. The minimum absolute atomic E-state index is 0.0868. The lowest BCUT2D eigenvalue weighted by Gasteiger charge is -2.21. The second kappa shape index (κ2) is 10.6. The highest BCUT2D eigenvalue weighted by atomic mass is 32.2. The largest absolute Gasteiger partial charge is 0.497 e. The van der Waals surface area contributed by atoms with Crippen LogP contribution in [-0.2, 0) is 16.6 Å². The summed E-state index contributed by atoms with van der Waals surface area (Å²) in [4.78, 5) is 24.5. The van der Waals surface area contributed by atoms with Crippen molar-refractivity contribution < 1.29 is 17.9 Å². The number of carbonyl (C=O) groups is 1. The summed E-state index contributed by atoms with van der Waals surface area (Å²) < 4.78 is 33.8. The summed E-state index contributed by atoms with van der Waals surface area (Å²) in [5.41, 5.74) is 2.29. The molecule has 0 saturated carbocycles. The van der Waals surface area contributed by atoms with Crippen LogP contribution in [0.3, 0.4) is 0 Å². The number of amides is 1. The zero-order chi connectivity index (χ0) is 26.7. The maximum atomic E-state index is 13.7. The van der Waals surface area contributed by atoms with Gasteiger partial charge in [-0.05, 0) is 60.7 Å². The quantitative estimate of drug-likeness (QED) is 0.261. The average molecular weight is 545 g/mol. The Morgan fingerprint density at radius 3 is 2.37 bits per heavy atom. The highest BCUT2D eigenvalue weighted by Crippen LogP contribution is 2.33. The number of methoxy groups -OCH3 is 1. The number of ether oxygens (including phenoxy) is 1. The number of sulfonamides is 1. The number of aromatic nitrogens is 2. The van der Waals surface area contributed by atoms with Crippen LogP contribution in [0.5, 0.6) is 5.75 Å². The molecule has 2 aromatic heterocycles. The van der Waals surface area contributed by atoms with E-state index in [1.165, 1.54) is 47.0 Å². The molecule has 0 fully saturated rings. The third-order valence-corrected chi connectivity index (χ3v) is 8.84. The van der Waals surface area contributed by atoms with Crippen LogP contribution < -0.4 is 13.9 Å². The van der Waals surface area contributed by atoms with Gasteiger partial charge in [-0.25, -0.2) is 13.4 Å². The van der Waals surface area contributed by atoms with E-state index in [4.69, 9.17) is 9.72 Å².